The number of pyridine rings is 2. The molecule has 53 heavy (non-hydrogen) atoms. The van der Waals surface area contributed by atoms with Crippen LogP contribution in [0.4, 0.5) is 0 Å². The first-order valence-corrected chi connectivity index (χ1v) is 17.9. The molecule has 8 rings (SSSR count). The summed E-state index contributed by atoms with van der Waals surface area (Å²) in [6.07, 6.45) is 8.52. The molecule has 0 spiro atoms. The smallest absolute Gasteiger partial charge is 1.00 e. The van der Waals surface area contributed by atoms with E-state index in [2.05, 4.69) is 171 Å². The second kappa shape index (κ2) is 19.3. The number of aromatic nitrogens is 2. The van der Waals surface area contributed by atoms with E-state index in [4.69, 9.17) is 0 Å². The van der Waals surface area contributed by atoms with Crippen molar-refractivity contribution in [1.82, 2.24) is 9.97 Å². The van der Waals surface area contributed by atoms with Crippen molar-refractivity contribution in [1.29, 1.82) is 0 Å². The molecule has 0 atom stereocenters. The number of nitrogens with zero attached hydrogens (tertiary/aromatic N) is 2. The van der Waals surface area contributed by atoms with Crippen molar-refractivity contribution in [3.05, 3.63) is 168 Å². The van der Waals surface area contributed by atoms with Crippen LogP contribution < -0.4 is 24.8 Å². The number of hydrogen-bond donors (Lipinski definition) is 0. The Kier molecular flexibility index (Phi) is 15.1. The maximum Gasteiger partial charge on any atom is 4.00 e. The van der Waals surface area contributed by atoms with Gasteiger partial charge < -0.3 is 24.8 Å². The van der Waals surface area contributed by atoms with Crippen LogP contribution in [0.1, 0.15) is 48.9 Å². The van der Waals surface area contributed by atoms with Gasteiger partial charge in [-0.2, -0.15) is 0 Å². The van der Waals surface area contributed by atoms with Crippen molar-refractivity contribution in [3.63, 3.8) is 0 Å². The summed E-state index contributed by atoms with van der Waals surface area (Å²) in [5.41, 5.74) is 14.8. The van der Waals surface area contributed by atoms with E-state index in [-0.39, 0.29) is 51.0 Å². The third-order valence-corrected chi connectivity index (χ3v) is 9.52. The van der Waals surface area contributed by atoms with Gasteiger partial charge in [-0.1, -0.05) is 135 Å². The number of benzene rings is 4. The van der Waals surface area contributed by atoms with Gasteiger partial charge in [0, 0.05) is 23.8 Å². The predicted octanol–water partition coefficient (Wildman–Crippen LogP) is 7.10. The van der Waals surface area contributed by atoms with Crippen molar-refractivity contribution in [2.24, 2.45) is 0 Å². The Hall–Kier alpha value is -4.14. The predicted molar refractivity (Wildman–Crippen MR) is 214 cm³/mol. The zero-order valence-corrected chi connectivity index (χ0v) is 34.8. The molecule has 0 saturated heterocycles. The van der Waals surface area contributed by atoms with Crippen LogP contribution in [-0.2, 0) is 39.0 Å². The molecule has 0 unspecified atom stereocenters. The molecule has 0 fully saturated rings. The summed E-state index contributed by atoms with van der Waals surface area (Å²) in [6.45, 7) is 8.58. The van der Waals surface area contributed by atoms with E-state index < -0.39 is 0 Å². The molecule has 0 radical (unpaired) electrons. The summed E-state index contributed by atoms with van der Waals surface area (Å²) in [7, 11) is 0. The fraction of sp³-hybridized carbons (Fsp3) is 0.167. The Morgan fingerprint density at radius 1 is 0.491 bits per heavy atom. The molecule has 0 aliphatic carbocycles. The maximum absolute atomic E-state index is 4.58. The molecule has 0 aliphatic heterocycles. The van der Waals surface area contributed by atoms with Gasteiger partial charge in [-0.15, -0.1) is 69.1 Å². The minimum atomic E-state index is 0. The fourth-order valence-electron chi connectivity index (χ4n) is 6.83. The monoisotopic (exact) mass is 808 g/mol. The first-order chi connectivity index (χ1) is 24.5. The summed E-state index contributed by atoms with van der Waals surface area (Å²) < 4.78 is 0. The number of halogens is 2. The van der Waals surface area contributed by atoms with E-state index in [0.29, 0.717) is 0 Å². The minimum absolute atomic E-state index is 0. The zero-order chi connectivity index (χ0) is 34.5. The van der Waals surface area contributed by atoms with Gasteiger partial charge in [-0.3, -0.25) is 9.97 Å². The maximum atomic E-state index is 4.58. The number of fused-ring (bicyclic) bond motifs is 2. The van der Waals surface area contributed by atoms with Crippen LogP contribution >= 0.6 is 0 Å². The number of hydrogen-bond acceptors (Lipinski definition) is 2. The standard InChI is InChI=1S/2C24H22N.2ClH.Zr/c2*1-3-5-18-9-11-19(12-10-18)22-7-4-6-20-14-21(15-23(20)22)24-13-8-17(2)16-25-24;;;/h2*4,6-16H,3,5H2,1-2H3;2*1H;/q2*-1;;;+4/p-2. The molecule has 0 aliphatic rings. The Morgan fingerprint density at radius 2 is 0.887 bits per heavy atom. The van der Waals surface area contributed by atoms with Crippen LogP contribution in [-0.4, -0.2) is 9.97 Å². The normalized spacial score (nSPS) is 10.5. The zero-order valence-electron chi connectivity index (χ0n) is 30.8. The number of aryl methyl sites for hydroxylation is 4. The molecule has 5 heteroatoms. The first kappa shape index (κ1) is 41.6. The first-order valence-electron chi connectivity index (χ1n) is 17.9. The van der Waals surface area contributed by atoms with E-state index in [1.807, 2.05) is 12.4 Å². The van der Waals surface area contributed by atoms with Crippen molar-refractivity contribution in [2.75, 3.05) is 0 Å². The summed E-state index contributed by atoms with van der Waals surface area (Å²) in [4.78, 5) is 9.16. The average Bonchev–Trinajstić information content (AvgIpc) is 3.79. The van der Waals surface area contributed by atoms with Crippen LogP contribution in [0.25, 0.3) is 66.3 Å². The van der Waals surface area contributed by atoms with Crippen LogP contribution in [0.3, 0.4) is 0 Å². The second-order valence-electron chi connectivity index (χ2n) is 13.4. The summed E-state index contributed by atoms with van der Waals surface area (Å²) in [5, 5.41) is 5.13. The van der Waals surface area contributed by atoms with Crippen molar-refractivity contribution >= 4 is 21.5 Å². The quantitative estimate of drug-likeness (QED) is 0.153. The number of rotatable bonds is 8. The molecule has 0 saturated carbocycles. The molecule has 2 aromatic heterocycles. The molecule has 264 valence electrons. The molecular weight excluding hydrogens is 767 g/mol. The van der Waals surface area contributed by atoms with E-state index in [1.165, 1.54) is 90.0 Å². The van der Waals surface area contributed by atoms with Crippen LogP contribution in [0.15, 0.2) is 146 Å². The Morgan fingerprint density at radius 3 is 1.23 bits per heavy atom. The van der Waals surface area contributed by atoms with Gasteiger partial charge in [0.2, 0.25) is 0 Å². The van der Waals surface area contributed by atoms with E-state index in [1.54, 1.807) is 0 Å². The third kappa shape index (κ3) is 9.70. The second-order valence-corrected chi connectivity index (χ2v) is 13.4. The Labute approximate surface area is 346 Å². The van der Waals surface area contributed by atoms with E-state index in [0.717, 1.165) is 24.2 Å². The topological polar surface area (TPSA) is 25.8 Å². The van der Waals surface area contributed by atoms with Gasteiger partial charge in [0.1, 0.15) is 0 Å². The van der Waals surface area contributed by atoms with Crippen LogP contribution in [0.2, 0.25) is 0 Å². The summed E-state index contributed by atoms with van der Waals surface area (Å²) >= 11 is 0. The summed E-state index contributed by atoms with van der Waals surface area (Å²) in [6, 6.07) is 48.5. The van der Waals surface area contributed by atoms with Crippen molar-refractivity contribution < 1.29 is 51.0 Å². The van der Waals surface area contributed by atoms with Gasteiger partial charge >= 0.3 is 26.2 Å². The van der Waals surface area contributed by atoms with Gasteiger partial charge in [0.15, 0.2) is 0 Å². The molecule has 0 N–H and O–H groups in total. The van der Waals surface area contributed by atoms with Crippen molar-refractivity contribution in [2.45, 2.75) is 53.4 Å². The van der Waals surface area contributed by atoms with E-state index in [9.17, 15) is 0 Å². The minimum Gasteiger partial charge on any atom is -1.00 e. The van der Waals surface area contributed by atoms with E-state index >= 15 is 0 Å². The Balaban J connectivity index is 0.000000224. The van der Waals surface area contributed by atoms with Gasteiger partial charge in [-0.25, -0.2) is 0 Å². The van der Waals surface area contributed by atoms with Crippen LogP contribution in [0, 0.1) is 13.8 Å². The molecule has 6 aromatic carbocycles. The van der Waals surface area contributed by atoms with Crippen LogP contribution in [0.5, 0.6) is 0 Å². The van der Waals surface area contributed by atoms with Gasteiger partial charge in [0.25, 0.3) is 0 Å². The molecule has 8 aromatic rings. The third-order valence-electron chi connectivity index (χ3n) is 9.52. The molecule has 2 nitrogen and oxygen atoms in total. The SMILES string of the molecule is CCCc1ccc(-c2cccc3[cH-]c(-c4ccc(C)cn4)cc23)cc1.CCCc1ccc(-c2cccc3[cH-]c(-c4ccc(C)cn4)cc23)cc1.[Cl-].[Cl-].[Zr+4]. The molecular formula is C48H44Cl2N2Zr. The molecule has 0 bridgehead atoms. The average molecular weight is 811 g/mol. The molecule has 2 heterocycles. The molecule has 0 amide bonds. The van der Waals surface area contributed by atoms with Gasteiger partial charge in [0.05, 0.1) is 0 Å². The summed E-state index contributed by atoms with van der Waals surface area (Å²) in [5.74, 6) is 0. The Bertz CT molecular complexity index is 2170. The largest absolute Gasteiger partial charge is 4.00 e. The van der Waals surface area contributed by atoms with Gasteiger partial charge in [-0.05, 0) is 60.1 Å². The fourth-order valence-corrected chi connectivity index (χ4v) is 6.83. The van der Waals surface area contributed by atoms with Crippen molar-refractivity contribution in [3.8, 4) is 44.8 Å².